The van der Waals surface area contributed by atoms with Crippen LogP contribution in [0.2, 0.25) is 0 Å². The molecule has 0 saturated carbocycles. The van der Waals surface area contributed by atoms with Crippen molar-refractivity contribution in [3.8, 4) is 0 Å². The highest BCUT2D eigenvalue weighted by Gasteiger charge is 2.25. The molecule has 0 unspecified atom stereocenters. The quantitative estimate of drug-likeness (QED) is 0.884. The molecule has 19 heavy (non-hydrogen) atoms. The number of nitrogens with zero attached hydrogens (tertiary/aromatic N) is 3. The molecule has 1 aromatic rings. The molecule has 104 valence electrons. The predicted octanol–water partition coefficient (Wildman–Crippen LogP) is 2.12. The van der Waals surface area contributed by atoms with Gasteiger partial charge >= 0.3 is 0 Å². The number of piperidine rings is 2. The third kappa shape index (κ3) is 3.00. The molecule has 3 heterocycles. The van der Waals surface area contributed by atoms with Gasteiger partial charge in [-0.2, -0.15) is 0 Å². The van der Waals surface area contributed by atoms with Crippen LogP contribution in [0.1, 0.15) is 32.1 Å². The Labute approximate surface area is 115 Å². The minimum absolute atomic E-state index is 0.789. The van der Waals surface area contributed by atoms with E-state index in [1.165, 1.54) is 45.2 Å². The number of aromatic nitrogens is 1. The number of anilines is 2. The lowest BCUT2D eigenvalue weighted by Crippen LogP contribution is -2.46. The van der Waals surface area contributed by atoms with Crippen LogP contribution in [0, 0.1) is 0 Å². The van der Waals surface area contributed by atoms with Gasteiger partial charge < -0.3 is 15.5 Å². The summed E-state index contributed by atoms with van der Waals surface area (Å²) in [6.45, 7) is 4.83. The van der Waals surface area contributed by atoms with Crippen LogP contribution >= 0.6 is 0 Å². The third-order valence-electron chi connectivity index (χ3n) is 4.47. The Morgan fingerprint density at radius 1 is 1.05 bits per heavy atom. The molecule has 2 N–H and O–H groups in total. The van der Waals surface area contributed by atoms with Crippen LogP contribution in [0.3, 0.4) is 0 Å². The highest BCUT2D eigenvalue weighted by Crippen LogP contribution is 2.24. The summed E-state index contributed by atoms with van der Waals surface area (Å²) in [5, 5.41) is 0. The molecule has 0 spiro atoms. The van der Waals surface area contributed by atoms with Crippen LogP contribution in [0.4, 0.5) is 11.5 Å². The van der Waals surface area contributed by atoms with Crippen molar-refractivity contribution in [1.29, 1.82) is 0 Å². The van der Waals surface area contributed by atoms with E-state index in [0.29, 0.717) is 0 Å². The van der Waals surface area contributed by atoms with Gasteiger partial charge in [0.25, 0.3) is 0 Å². The van der Waals surface area contributed by atoms with Gasteiger partial charge in [0.1, 0.15) is 5.82 Å². The van der Waals surface area contributed by atoms with Gasteiger partial charge in [0.05, 0.1) is 0 Å². The second-order valence-electron chi connectivity index (χ2n) is 5.76. The molecule has 4 heteroatoms. The Bertz CT molecular complexity index is 406. The van der Waals surface area contributed by atoms with Crippen molar-refractivity contribution in [3.05, 3.63) is 18.3 Å². The van der Waals surface area contributed by atoms with E-state index in [4.69, 9.17) is 5.73 Å². The Hall–Kier alpha value is -1.29. The van der Waals surface area contributed by atoms with Crippen molar-refractivity contribution in [3.63, 3.8) is 0 Å². The lowest BCUT2D eigenvalue weighted by Gasteiger charge is -2.40. The molecule has 3 rings (SSSR count). The van der Waals surface area contributed by atoms with Gasteiger partial charge in [-0.3, -0.25) is 0 Å². The molecule has 2 aliphatic rings. The van der Waals surface area contributed by atoms with Gasteiger partial charge in [0.15, 0.2) is 0 Å². The highest BCUT2D eigenvalue weighted by atomic mass is 15.2. The van der Waals surface area contributed by atoms with Crippen molar-refractivity contribution >= 4 is 11.5 Å². The van der Waals surface area contributed by atoms with E-state index in [1.54, 1.807) is 6.20 Å². The second kappa shape index (κ2) is 5.78. The fourth-order valence-corrected chi connectivity index (χ4v) is 3.35. The second-order valence-corrected chi connectivity index (χ2v) is 5.76. The minimum Gasteiger partial charge on any atom is -0.399 e. The third-order valence-corrected chi connectivity index (χ3v) is 4.47. The van der Waals surface area contributed by atoms with Crippen molar-refractivity contribution in [2.75, 3.05) is 36.8 Å². The highest BCUT2D eigenvalue weighted by molar-refractivity contribution is 5.50. The smallest absolute Gasteiger partial charge is 0.130 e. The molecular formula is C15H24N4. The number of nitrogen functional groups attached to an aromatic ring is 1. The van der Waals surface area contributed by atoms with E-state index in [-0.39, 0.29) is 0 Å². The summed E-state index contributed by atoms with van der Waals surface area (Å²) in [6.07, 6.45) is 8.52. The Kier molecular flexibility index (Phi) is 3.87. The van der Waals surface area contributed by atoms with Gasteiger partial charge in [-0.1, -0.05) is 6.42 Å². The van der Waals surface area contributed by atoms with Crippen LogP contribution in [-0.4, -0.2) is 42.1 Å². The number of hydrogen-bond acceptors (Lipinski definition) is 4. The molecule has 2 saturated heterocycles. The number of pyridine rings is 1. The van der Waals surface area contributed by atoms with Crippen LogP contribution < -0.4 is 10.6 Å². The van der Waals surface area contributed by atoms with Crippen LogP contribution in [0.5, 0.6) is 0 Å². The zero-order chi connectivity index (χ0) is 13.1. The number of hydrogen-bond donors (Lipinski definition) is 1. The number of rotatable bonds is 2. The first-order valence-electron chi connectivity index (χ1n) is 7.53. The molecule has 2 fully saturated rings. The Morgan fingerprint density at radius 3 is 2.47 bits per heavy atom. The standard InChI is InChI=1S/C15H24N4/c16-13-4-7-17-15(12-13)19-10-5-14(6-11-19)18-8-2-1-3-9-18/h4,7,12,14H,1-3,5-6,8-11H2,(H2,16,17). The normalized spacial score (nSPS) is 22.6. The van der Waals surface area contributed by atoms with Crippen molar-refractivity contribution in [2.24, 2.45) is 0 Å². The summed E-state index contributed by atoms with van der Waals surface area (Å²) < 4.78 is 0. The molecule has 0 atom stereocenters. The van der Waals surface area contributed by atoms with E-state index < -0.39 is 0 Å². The van der Waals surface area contributed by atoms with E-state index in [1.807, 2.05) is 12.1 Å². The summed E-state index contributed by atoms with van der Waals surface area (Å²) in [5.74, 6) is 1.04. The molecule has 0 radical (unpaired) electrons. The fourth-order valence-electron chi connectivity index (χ4n) is 3.35. The predicted molar refractivity (Wildman–Crippen MR) is 79.3 cm³/mol. The number of nitrogens with two attached hydrogens (primary N) is 1. The summed E-state index contributed by atoms with van der Waals surface area (Å²) in [6, 6.07) is 4.63. The average molecular weight is 260 g/mol. The number of likely N-dealkylation sites (tertiary alicyclic amines) is 1. The Balaban J connectivity index is 1.57. The monoisotopic (exact) mass is 260 g/mol. The van der Waals surface area contributed by atoms with Crippen LogP contribution in [0.25, 0.3) is 0 Å². The van der Waals surface area contributed by atoms with E-state index in [9.17, 15) is 0 Å². The SMILES string of the molecule is Nc1ccnc(N2CCC(N3CCCCC3)CC2)c1. The maximum atomic E-state index is 5.83. The lowest BCUT2D eigenvalue weighted by atomic mass is 10.00. The summed E-state index contributed by atoms with van der Waals surface area (Å²) in [7, 11) is 0. The molecule has 2 aliphatic heterocycles. The molecular weight excluding hydrogens is 236 g/mol. The first-order chi connectivity index (χ1) is 9.33. The van der Waals surface area contributed by atoms with Gasteiger partial charge in [-0.25, -0.2) is 4.98 Å². The summed E-state index contributed by atoms with van der Waals surface area (Å²) >= 11 is 0. The topological polar surface area (TPSA) is 45.4 Å². The van der Waals surface area contributed by atoms with Gasteiger partial charge in [-0.15, -0.1) is 0 Å². The fraction of sp³-hybridized carbons (Fsp3) is 0.667. The van der Waals surface area contributed by atoms with Crippen molar-refractivity contribution < 1.29 is 0 Å². The average Bonchev–Trinajstić information content (AvgIpc) is 2.48. The van der Waals surface area contributed by atoms with Gasteiger partial charge in [0.2, 0.25) is 0 Å². The molecule has 0 aromatic carbocycles. The lowest BCUT2D eigenvalue weighted by molar-refractivity contribution is 0.141. The summed E-state index contributed by atoms with van der Waals surface area (Å²) in [5.41, 5.74) is 6.64. The van der Waals surface area contributed by atoms with Crippen molar-refractivity contribution in [1.82, 2.24) is 9.88 Å². The van der Waals surface area contributed by atoms with Crippen LogP contribution in [-0.2, 0) is 0 Å². The largest absolute Gasteiger partial charge is 0.399 e. The first-order valence-corrected chi connectivity index (χ1v) is 7.53. The Morgan fingerprint density at radius 2 is 1.79 bits per heavy atom. The van der Waals surface area contributed by atoms with E-state index in [2.05, 4.69) is 14.8 Å². The molecule has 0 aliphatic carbocycles. The van der Waals surface area contributed by atoms with Gasteiger partial charge in [-0.05, 0) is 44.8 Å². The van der Waals surface area contributed by atoms with E-state index >= 15 is 0 Å². The zero-order valence-corrected chi connectivity index (χ0v) is 11.6. The van der Waals surface area contributed by atoms with E-state index in [0.717, 1.165) is 30.6 Å². The maximum Gasteiger partial charge on any atom is 0.130 e. The van der Waals surface area contributed by atoms with Gasteiger partial charge in [0, 0.05) is 37.1 Å². The zero-order valence-electron chi connectivity index (χ0n) is 11.6. The summed E-state index contributed by atoms with van der Waals surface area (Å²) in [4.78, 5) is 9.51. The molecule has 0 bridgehead atoms. The molecule has 0 amide bonds. The first kappa shape index (κ1) is 12.7. The maximum absolute atomic E-state index is 5.83. The molecule has 4 nitrogen and oxygen atoms in total. The van der Waals surface area contributed by atoms with Crippen molar-refractivity contribution in [2.45, 2.75) is 38.1 Å². The van der Waals surface area contributed by atoms with Crippen LogP contribution in [0.15, 0.2) is 18.3 Å². The molecule has 1 aromatic heterocycles. The minimum atomic E-state index is 0.789.